The second kappa shape index (κ2) is 36.9. The number of amides is 8. The summed E-state index contributed by atoms with van der Waals surface area (Å²) in [6, 6.07) is 9.27. The SMILES string of the molecule is CN[C@H](CC(C)C)C(=O)NC1C(=O)N[C@@H](CC(N)=O)C(=O)N[C@H]2C(=O)N[C@H]3C(=O)NC(C(=O)N[C@@H](C(=O)O)c4cc(O)cc(O)c4-c4cc3ccc4O)[C@H](O)c3ccc(c(Cl)c3)Oc3cc2cc(c3OC2O[C@H](CO)[C@@H](O)[C@H](O)[C@H]2OC2C[C@](C)(NCc3cccc(NC(=O)c4ccc(OC(F)(F)F)cc4)c3)[C@H](O)[C@H](C)O2)Oc2ccc(cc2Cl)[C@H]1O. The van der Waals surface area contributed by atoms with Gasteiger partial charge in [-0.15, -0.1) is 13.2 Å². The van der Waals surface area contributed by atoms with Crippen LogP contribution in [0.2, 0.25) is 10.0 Å². The van der Waals surface area contributed by atoms with Crippen molar-refractivity contribution in [3.05, 3.63) is 176 Å². The zero-order valence-corrected chi connectivity index (χ0v) is 66.5. The van der Waals surface area contributed by atoms with Gasteiger partial charge in [0.15, 0.2) is 29.9 Å². The normalized spacial score (nSPS) is 26.4. The second-order valence-corrected chi connectivity index (χ2v) is 31.0. The first-order valence-corrected chi connectivity index (χ1v) is 38.6. The molecule has 14 rings (SSSR count). The summed E-state index contributed by atoms with van der Waals surface area (Å²) in [4.78, 5) is 131. The van der Waals surface area contributed by atoms with E-state index in [1.54, 1.807) is 45.0 Å². The Bertz CT molecular complexity index is 5190. The molecule has 0 aromatic heterocycles. The van der Waals surface area contributed by atoms with Crippen LogP contribution >= 0.6 is 23.2 Å². The molecule has 0 radical (unpaired) electrons. The van der Waals surface area contributed by atoms with Crippen molar-refractivity contribution in [2.45, 2.75) is 169 Å². The van der Waals surface area contributed by atoms with Gasteiger partial charge >= 0.3 is 12.3 Å². The molecular formula is C81H85Cl2F3N10O26. The van der Waals surface area contributed by atoms with Gasteiger partial charge in [-0.3, -0.25) is 38.4 Å². The van der Waals surface area contributed by atoms with Gasteiger partial charge in [-0.25, -0.2) is 4.79 Å². The van der Waals surface area contributed by atoms with Gasteiger partial charge in [0.25, 0.3) is 5.91 Å². The first kappa shape index (κ1) is 89.6. The van der Waals surface area contributed by atoms with Gasteiger partial charge in [0.2, 0.25) is 53.4 Å². The van der Waals surface area contributed by atoms with Gasteiger partial charge in [-0.2, -0.15) is 0 Å². The van der Waals surface area contributed by atoms with E-state index >= 15 is 14.4 Å². The van der Waals surface area contributed by atoms with Crippen LogP contribution in [0.4, 0.5) is 18.9 Å². The highest BCUT2D eigenvalue weighted by atomic mass is 35.5. The van der Waals surface area contributed by atoms with Gasteiger partial charge in [-0.05, 0) is 152 Å². The first-order chi connectivity index (χ1) is 57.7. The lowest BCUT2D eigenvalue weighted by Crippen LogP contribution is -2.65. The molecule has 36 nitrogen and oxygen atoms in total. The minimum atomic E-state index is -4.97. The minimum absolute atomic E-state index is 0.0117. The third-order valence-electron chi connectivity index (χ3n) is 21.0. The number of alkyl halides is 3. The van der Waals surface area contributed by atoms with Crippen molar-refractivity contribution >= 4 is 82.1 Å². The number of aliphatic hydroxyl groups is 6. The van der Waals surface area contributed by atoms with Crippen LogP contribution in [0.3, 0.4) is 0 Å². The van der Waals surface area contributed by atoms with E-state index in [1.807, 2.05) is 0 Å². The number of ether oxygens (including phenoxy) is 7. The Labute approximate surface area is 701 Å². The van der Waals surface area contributed by atoms with Crippen molar-refractivity contribution in [3.63, 3.8) is 0 Å². The average molecular weight is 1740 g/mol. The monoisotopic (exact) mass is 1740 g/mol. The van der Waals surface area contributed by atoms with Gasteiger partial charge < -0.3 is 138 Å². The summed E-state index contributed by atoms with van der Waals surface area (Å²) in [5.41, 5.74) is 2.04. The molecule has 21 N–H and O–H groups in total. The molecule has 7 aliphatic rings. The summed E-state index contributed by atoms with van der Waals surface area (Å²) >= 11 is 14.3. The molecule has 18 atom stereocenters. The minimum Gasteiger partial charge on any atom is -0.508 e. The quantitative estimate of drug-likeness (QED) is 0.0542. The molecule has 650 valence electrons. The van der Waals surface area contributed by atoms with Crippen molar-refractivity contribution in [1.82, 2.24) is 42.5 Å². The van der Waals surface area contributed by atoms with E-state index < -0.39 is 271 Å². The Hall–Kier alpha value is -11.7. The standard InChI is InChI=1S/C81H85Cl2F3N10O26/c1-32(2)19-47(88-5)72(108)95-62-64(102)37-12-17-51(45(82)22-37)117-53-24-39-25-54(68(53)121-79-69(67(105)66(104)55(31-97)119-79)120-57-29-80(4,70(106)33(3)116-57)89-30-34-7-6-8-40(20-34)90-71(107)35-9-14-42(15-10-35)122-81(84,85)86)118-52-18-13-38(23-46(52)83)65(103)63-77(113)94-61(78(114)115)44-26-41(98)27-50(100)58(44)43-21-36(11-16-49(43)99)59(74(110)96-63)93-75(111)60(39)92-73(109)48(28-56(87)101)91-76(62)112/h6-18,20-27,32-33,47-48,55,57,59-67,69-70,79,88-89,97-100,102-106H,19,28-31H2,1-5H3,(H2,87,101)(H,90,107)(H,91,112)(H,92,109)(H,93,111)(H,94,113)(H,95,108)(H,96,110)(H,114,115)/t33-,47+,48-,55+,57?,59+,60+,61+,62?,63?,64+,65+,66+,67-,69+,70+,79?,80-/m0/s1. The van der Waals surface area contributed by atoms with Crippen LogP contribution in [0.25, 0.3) is 11.1 Å². The summed E-state index contributed by atoms with van der Waals surface area (Å²) in [6.45, 7) is 5.61. The number of aromatic hydroxyl groups is 3. The first-order valence-electron chi connectivity index (χ1n) is 37.9. The number of aliphatic carboxylic acids is 1. The summed E-state index contributed by atoms with van der Waals surface area (Å²) < 4.78 is 81.8. The fourth-order valence-electron chi connectivity index (χ4n) is 14.7. The lowest BCUT2D eigenvalue weighted by atomic mass is 9.84. The lowest BCUT2D eigenvalue weighted by Gasteiger charge is -2.48. The number of benzene rings is 7. The maximum absolute atomic E-state index is 16.2. The van der Waals surface area contributed by atoms with Crippen LogP contribution in [0, 0.1) is 5.92 Å². The number of hydrogen-bond donors (Lipinski definition) is 20. The number of fused-ring (bicyclic) bond motifs is 15. The number of aliphatic hydroxyl groups excluding tert-OH is 6. The molecule has 2 fully saturated rings. The van der Waals surface area contributed by atoms with Crippen molar-refractivity contribution < 1.29 is 141 Å². The number of halogens is 5. The van der Waals surface area contributed by atoms with Crippen molar-refractivity contribution in [3.8, 4) is 62.9 Å². The summed E-state index contributed by atoms with van der Waals surface area (Å²) in [5.74, 6) is -17.9. The fourth-order valence-corrected chi connectivity index (χ4v) is 15.2. The number of carboxylic acid groups (broad SMARTS) is 1. The number of carbonyl (C=O) groups is 9. The number of nitrogens with one attached hydrogen (secondary N) is 9. The van der Waals surface area contributed by atoms with E-state index in [2.05, 4.69) is 52.6 Å². The van der Waals surface area contributed by atoms with E-state index in [1.165, 1.54) is 20.0 Å². The number of likely N-dealkylation sites (N-methyl/N-ethyl adjacent to an activating group) is 1. The van der Waals surface area contributed by atoms with Crippen molar-refractivity contribution in [2.75, 3.05) is 19.0 Å². The predicted octanol–water partition coefficient (Wildman–Crippen LogP) is 4.09. The van der Waals surface area contributed by atoms with E-state index in [4.69, 9.17) is 57.4 Å². The summed E-state index contributed by atoms with van der Waals surface area (Å²) in [6.07, 6.45) is -24.7. The molecule has 4 unspecified atom stereocenters. The zero-order chi connectivity index (χ0) is 88.4. The Morgan fingerprint density at radius 1 is 0.697 bits per heavy atom. The fraction of sp³-hybridized carbons (Fsp3) is 0.370. The number of carbonyl (C=O) groups excluding carboxylic acids is 8. The maximum atomic E-state index is 16.2. The molecule has 41 heteroatoms. The predicted molar refractivity (Wildman–Crippen MR) is 419 cm³/mol. The summed E-state index contributed by atoms with van der Waals surface area (Å²) in [7, 11) is 1.46. The molecule has 7 aliphatic heterocycles. The molecule has 0 saturated carbocycles. The van der Waals surface area contributed by atoms with Crippen LogP contribution < -0.4 is 72.5 Å². The van der Waals surface area contributed by atoms with Crippen LogP contribution in [0.15, 0.2) is 127 Å². The number of rotatable bonds is 19. The van der Waals surface area contributed by atoms with E-state index in [-0.39, 0.29) is 47.7 Å². The third kappa shape index (κ3) is 20.1. The van der Waals surface area contributed by atoms with Crippen LogP contribution in [0.1, 0.15) is 121 Å². The molecule has 7 aromatic carbocycles. The molecule has 0 aliphatic carbocycles. The number of nitrogens with two attached hydrogens (primary N) is 1. The molecule has 0 spiro atoms. The highest BCUT2D eigenvalue weighted by Gasteiger charge is 2.52. The molecule has 11 bridgehead atoms. The number of hydrogen-bond acceptors (Lipinski definition) is 27. The van der Waals surface area contributed by atoms with Gasteiger partial charge in [-0.1, -0.05) is 67.4 Å². The number of primary amides is 1. The van der Waals surface area contributed by atoms with E-state index in [9.17, 15) is 93.0 Å². The molecular weight excluding hydrogens is 1660 g/mol. The van der Waals surface area contributed by atoms with E-state index in [0.717, 1.165) is 97.1 Å². The number of phenols is 3. The average Bonchev–Trinajstić information content (AvgIpc) is 0.768. The topological polar surface area (TPSA) is 555 Å². The van der Waals surface area contributed by atoms with Crippen LogP contribution in [0.5, 0.6) is 51.7 Å². The number of carboxylic acids is 1. The number of phenolic OH excluding ortho intramolecular Hbond substituents is 3. The highest BCUT2D eigenvalue weighted by Crippen LogP contribution is 2.50. The van der Waals surface area contributed by atoms with Crippen molar-refractivity contribution in [1.29, 1.82) is 0 Å². The molecule has 122 heavy (non-hydrogen) atoms. The highest BCUT2D eigenvalue weighted by molar-refractivity contribution is 6.32. The van der Waals surface area contributed by atoms with Gasteiger partial charge in [0.1, 0.15) is 95.2 Å². The summed E-state index contributed by atoms with van der Waals surface area (Å²) in [5, 5.41) is 139. The zero-order valence-electron chi connectivity index (χ0n) is 65.0. The van der Waals surface area contributed by atoms with Gasteiger partial charge in [0, 0.05) is 52.5 Å². The smallest absolute Gasteiger partial charge is 0.508 e. The lowest BCUT2D eigenvalue weighted by molar-refractivity contribution is -0.334. The van der Waals surface area contributed by atoms with E-state index in [0.29, 0.717) is 5.56 Å². The number of anilines is 1. The van der Waals surface area contributed by atoms with Gasteiger partial charge in [0.05, 0.1) is 41.3 Å². The Balaban J connectivity index is 1.00. The molecule has 7 heterocycles. The Morgan fingerprint density at radius 2 is 1.33 bits per heavy atom. The van der Waals surface area contributed by atoms with Crippen LogP contribution in [-0.2, 0) is 59.1 Å². The molecule has 7 aromatic rings. The Kier molecular flexibility index (Phi) is 27.1. The van der Waals surface area contributed by atoms with Crippen molar-refractivity contribution in [2.24, 2.45) is 11.7 Å². The van der Waals surface area contributed by atoms with Crippen LogP contribution in [-0.4, -0.2) is 203 Å². The largest absolute Gasteiger partial charge is 0.573 e. The molecule has 2 saturated heterocycles. The molecule has 8 amide bonds. The Morgan fingerprint density at radius 3 is 1.94 bits per heavy atom. The third-order valence-corrected chi connectivity index (χ3v) is 21.6. The second-order valence-electron chi connectivity index (χ2n) is 30.2. The maximum Gasteiger partial charge on any atom is 0.573 e.